The van der Waals surface area contributed by atoms with Crippen LogP contribution in [0.15, 0.2) is 29.3 Å². The number of halogens is 3. The minimum absolute atomic E-state index is 0. The molecule has 162 valence electrons. The van der Waals surface area contributed by atoms with Crippen LogP contribution in [0.1, 0.15) is 38.9 Å². The van der Waals surface area contributed by atoms with Crippen molar-refractivity contribution in [1.82, 2.24) is 10.6 Å². The van der Waals surface area contributed by atoms with Gasteiger partial charge in [-0.1, -0.05) is 26.0 Å². The van der Waals surface area contributed by atoms with E-state index in [1.165, 1.54) is 12.1 Å². The van der Waals surface area contributed by atoms with E-state index < -0.39 is 12.7 Å². The Labute approximate surface area is 183 Å². The molecule has 1 aromatic rings. The molecule has 1 atom stereocenters. The number of guanidine groups is 1. The van der Waals surface area contributed by atoms with Gasteiger partial charge in [0.1, 0.15) is 5.75 Å². The summed E-state index contributed by atoms with van der Waals surface area (Å²) in [5.41, 5.74) is 0.582. The first-order chi connectivity index (χ1) is 12.9. The summed E-state index contributed by atoms with van der Waals surface area (Å²) in [6.45, 7) is 6.30. The highest BCUT2D eigenvalue weighted by Gasteiger charge is 2.09. The second-order valence-corrected chi connectivity index (χ2v) is 6.43. The van der Waals surface area contributed by atoms with Gasteiger partial charge in [0.2, 0.25) is 0 Å². The average Bonchev–Trinajstić information content (AvgIpc) is 2.62. The predicted octanol–water partition coefficient (Wildman–Crippen LogP) is 3.56. The molecule has 0 spiro atoms. The summed E-state index contributed by atoms with van der Waals surface area (Å²) in [4.78, 5) is 4.36. The van der Waals surface area contributed by atoms with Gasteiger partial charge in [-0.25, -0.2) is 0 Å². The number of rotatable bonds is 12. The summed E-state index contributed by atoms with van der Waals surface area (Å²) in [6, 6.07) is 5.89. The van der Waals surface area contributed by atoms with Gasteiger partial charge in [-0.2, -0.15) is 8.78 Å². The van der Waals surface area contributed by atoms with Crippen molar-refractivity contribution in [2.45, 2.75) is 39.9 Å². The zero-order valence-electron chi connectivity index (χ0n) is 16.7. The van der Waals surface area contributed by atoms with Gasteiger partial charge in [0.05, 0.1) is 12.6 Å². The molecule has 1 rings (SSSR count). The van der Waals surface area contributed by atoms with Crippen molar-refractivity contribution >= 4 is 29.9 Å². The highest BCUT2D eigenvalue weighted by atomic mass is 127. The van der Waals surface area contributed by atoms with Crippen LogP contribution in [0.4, 0.5) is 8.78 Å². The molecule has 0 radical (unpaired) electrons. The SMILES string of the molecule is CCNC(=NCC(O)c1ccc(OC(F)F)cc1)NCCCOCC(C)C.I. The molecule has 1 aromatic carbocycles. The van der Waals surface area contributed by atoms with Gasteiger partial charge >= 0.3 is 6.61 Å². The van der Waals surface area contributed by atoms with Crippen LogP contribution in [0.25, 0.3) is 0 Å². The van der Waals surface area contributed by atoms with E-state index in [0.29, 0.717) is 37.1 Å². The maximum absolute atomic E-state index is 12.2. The van der Waals surface area contributed by atoms with E-state index in [1.807, 2.05) is 6.92 Å². The van der Waals surface area contributed by atoms with Gasteiger partial charge in [0.15, 0.2) is 5.96 Å². The standard InChI is InChI=1S/C19H31F2N3O3.HI/c1-4-22-19(23-10-5-11-26-13-14(2)3)24-12-17(25)15-6-8-16(9-7-15)27-18(20)21;/h6-9,14,17-18,25H,4-5,10-13H2,1-3H3,(H2,22,23,24);1H. The lowest BCUT2D eigenvalue weighted by molar-refractivity contribution is -0.0498. The molecule has 0 aliphatic rings. The van der Waals surface area contributed by atoms with Crippen molar-refractivity contribution in [3.63, 3.8) is 0 Å². The van der Waals surface area contributed by atoms with E-state index in [2.05, 4.69) is 34.2 Å². The van der Waals surface area contributed by atoms with Crippen LogP contribution >= 0.6 is 24.0 Å². The molecule has 0 aromatic heterocycles. The number of nitrogens with zero attached hydrogens (tertiary/aromatic N) is 1. The molecule has 0 aliphatic carbocycles. The van der Waals surface area contributed by atoms with E-state index in [9.17, 15) is 13.9 Å². The number of aliphatic imine (C=N–C) groups is 1. The molecule has 9 heteroatoms. The normalized spacial score (nSPS) is 12.6. The summed E-state index contributed by atoms with van der Waals surface area (Å²) in [6.07, 6.45) is 0.0149. The van der Waals surface area contributed by atoms with Gasteiger partial charge in [-0.15, -0.1) is 24.0 Å². The highest BCUT2D eigenvalue weighted by molar-refractivity contribution is 14.0. The van der Waals surface area contributed by atoms with Crippen LogP contribution in [0, 0.1) is 5.92 Å². The lowest BCUT2D eigenvalue weighted by atomic mass is 10.1. The maximum Gasteiger partial charge on any atom is 0.387 e. The van der Waals surface area contributed by atoms with Crippen molar-refractivity contribution in [3.05, 3.63) is 29.8 Å². The Morgan fingerprint density at radius 3 is 2.43 bits per heavy atom. The Kier molecular flexibility index (Phi) is 15.0. The monoisotopic (exact) mass is 515 g/mol. The summed E-state index contributed by atoms with van der Waals surface area (Å²) in [5, 5.41) is 16.5. The number of hydrogen-bond acceptors (Lipinski definition) is 4. The van der Waals surface area contributed by atoms with Crippen LogP contribution in [-0.4, -0.2) is 50.5 Å². The summed E-state index contributed by atoms with van der Waals surface area (Å²) < 4.78 is 34.1. The fourth-order valence-corrected chi connectivity index (χ4v) is 2.20. The van der Waals surface area contributed by atoms with Crippen LogP contribution in [0.5, 0.6) is 5.75 Å². The fraction of sp³-hybridized carbons (Fsp3) is 0.632. The Morgan fingerprint density at radius 2 is 1.86 bits per heavy atom. The van der Waals surface area contributed by atoms with Crippen LogP contribution in [0.2, 0.25) is 0 Å². The fourth-order valence-electron chi connectivity index (χ4n) is 2.20. The zero-order valence-corrected chi connectivity index (χ0v) is 19.0. The third-order valence-corrected chi connectivity index (χ3v) is 3.47. The Balaban J connectivity index is 0.00000729. The number of nitrogens with one attached hydrogen (secondary N) is 2. The molecule has 0 saturated carbocycles. The molecule has 0 bridgehead atoms. The van der Waals surface area contributed by atoms with Crippen molar-refractivity contribution in [2.75, 3.05) is 32.8 Å². The number of hydrogen-bond donors (Lipinski definition) is 3. The molecule has 0 heterocycles. The second-order valence-electron chi connectivity index (χ2n) is 6.43. The third-order valence-electron chi connectivity index (χ3n) is 3.47. The van der Waals surface area contributed by atoms with E-state index in [1.54, 1.807) is 12.1 Å². The minimum Gasteiger partial charge on any atom is -0.435 e. The second kappa shape index (κ2) is 15.7. The predicted molar refractivity (Wildman–Crippen MR) is 118 cm³/mol. The van der Waals surface area contributed by atoms with Gasteiger partial charge in [0.25, 0.3) is 0 Å². The molecule has 1 unspecified atom stereocenters. The first-order valence-electron chi connectivity index (χ1n) is 9.25. The molecule has 28 heavy (non-hydrogen) atoms. The Morgan fingerprint density at radius 1 is 1.18 bits per heavy atom. The Bertz CT molecular complexity index is 546. The van der Waals surface area contributed by atoms with E-state index in [-0.39, 0.29) is 36.3 Å². The van der Waals surface area contributed by atoms with Crippen LogP contribution in [-0.2, 0) is 4.74 Å². The Hall–Kier alpha value is -1.20. The number of ether oxygens (including phenoxy) is 2. The molecule has 0 fully saturated rings. The quantitative estimate of drug-likeness (QED) is 0.172. The molecular weight excluding hydrogens is 483 g/mol. The minimum atomic E-state index is -2.87. The first kappa shape index (κ1) is 26.8. The topological polar surface area (TPSA) is 75.1 Å². The highest BCUT2D eigenvalue weighted by Crippen LogP contribution is 2.19. The molecule has 0 aliphatic heterocycles. The summed E-state index contributed by atoms with van der Waals surface area (Å²) in [5.74, 6) is 1.19. The molecule has 3 N–H and O–H groups in total. The van der Waals surface area contributed by atoms with Crippen molar-refractivity contribution in [1.29, 1.82) is 0 Å². The van der Waals surface area contributed by atoms with Crippen molar-refractivity contribution < 1.29 is 23.4 Å². The average molecular weight is 515 g/mol. The number of benzene rings is 1. The molecular formula is C19H32F2IN3O3. The largest absolute Gasteiger partial charge is 0.435 e. The molecule has 6 nitrogen and oxygen atoms in total. The maximum atomic E-state index is 12.2. The van der Waals surface area contributed by atoms with Crippen LogP contribution < -0.4 is 15.4 Å². The van der Waals surface area contributed by atoms with Crippen molar-refractivity contribution in [2.24, 2.45) is 10.9 Å². The van der Waals surface area contributed by atoms with E-state index in [0.717, 1.165) is 13.0 Å². The summed E-state index contributed by atoms with van der Waals surface area (Å²) in [7, 11) is 0. The number of aliphatic hydroxyl groups excluding tert-OH is 1. The first-order valence-corrected chi connectivity index (χ1v) is 9.25. The third kappa shape index (κ3) is 12.3. The van der Waals surface area contributed by atoms with E-state index in [4.69, 9.17) is 4.74 Å². The van der Waals surface area contributed by atoms with Crippen LogP contribution in [0.3, 0.4) is 0 Å². The number of aliphatic hydroxyl groups is 1. The smallest absolute Gasteiger partial charge is 0.387 e. The molecule has 0 amide bonds. The molecule has 0 saturated heterocycles. The lowest BCUT2D eigenvalue weighted by Gasteiger charge is -2.14. The van der Waals surface area contributed by atoms with Gasteiger partial charge in [-0.05, 0) is 37.0 Å². The lowest BCUT2D eigenvalue weighted by Crippen LogP contribution is -2.38. The number of alkyl halides is 2. The van der Waals surface area contributed by atoms with Gasteiger partial charge in [-0.3, -0.25) is 4.99 Å². The summed E-state index contributed by atoms with van der Waals surface area (Å²) >= 11 is 0. The van der Waals surface area contributed by atoms with E-state index >= 15 is 0 Å². The van der Waals surface area contributed by atoms with Crippen molar-refractivity contribution in [3.8, 4) is 5.75 Å². The van der Waals surface area contributed by atoms with Gasteiger partial charge < -0.3 is 25.2 Å². The van der Waals surface area contributed by atoms with Gasteiger partial charge in [0, 0.05) is 26.3 Å². The zero-order chi connectivity index (χ0) is 20.1.